The maximum atomic E-state index is 12.7. The van der Waals surface area contributed by atoms with Crippen LogP contribution in [0.3, 0.4) is 0 Å². The van der Waals surface area contributed by atoms with Gasteiger partial charge in [0.1, 0.15) is 5.76 Å². The summed E-state index contributed by atoms with van der Waals surface area (Å²) in [5.74, 6) is 1.16. The second-order valence-corrected chi connectivity index (χ2v) is 8.08. The molecule has 0 radical (unpaired) electrons. The van der Waals surface area contributed by atoms with Gasteiger partial charge in [-0.1, -0.05) is 18.6 Å². The van der Waals surface area contributed by atoms with E-state index in [1.807, 2.05) is 6.07 Å². The van der Waals surface area contributed by atoms with Gasteiger partial charge in [-0.25, -0.2) is 0 Å². The van der Waals surface area contributed by atoms with Crippen LogP contribution in [0, 0.1) is 13.8 Å². The van der Waals surface area contributed by atoms with Crippen LogP contribution in [0.4, 0.5) is 0 Å². The number of nitrogens with one attached hydrogen (secondary N) is 2. The summed E-state index contributed by atoms with van der Waals surface area (Å²) in [4.78, 5) is 18.5. The molecule has 0 atom stereocenters. The lowest BCUT2D eigenvalue weighted by atomic mass is 10.1. The highest BCUT2D eigenvalue weighted by atomic mass is 35.5. The Hall–Kier alpha value is -2.28. The van der Waals surface area contributed by atoms with E-state index < -0.39 is 0 Å². The van der Waals surface area contributed by atoms with Gasteiger partial charge in [0.05, 0.1) is 13.2 Å². The molecule has 6 nitrogen and oxygen atoms in total. The number of fused-ring (bicyclic) bond motifs is 1. The maximum Gasteiger partial charge on any atom is 0.287 e. The van der Waals surface area contributed by atoms with Crippen LogP contribution in [-0.4, -0.2) is 48.6 Å². The van der Waals surface area contributed by atoms with Crippen LogP contribution in [-0.2, 0) is 24.1 Å². The number of morpholine rings is 1. The summed E-state index contributed by atoms with van der Waals surface area (Å²) in [6.45, 7) is 11.0. The quantitative estimate of drug-likeness (QED) is 0.572. The maximum absolute atomic E-state index is 12.7. The fourth-order valence-electron chi connectivity index (χ4n) is 4.22. The highest BCUT2D eigenvalue weighted by Crippen LogP contribution is 2.24. The number of aryl methyl sites for hydroxylation is 3. The third kappa shape index (κ3) is 5.32. The number of H-pyrrole nitrogens is 1. The predicted octanol–water partition coefficient (Wildman–Crippen LogP) is 4.17. The average molecular weight is 446 g/mol. The number of carbonyl (C=O) groups excluding carboxylic acids is 1. The van der Waals surface area contributed by atoms with Gasteiger partial charge in [0.2, 0.25) is 0 Å². The molecule has 1 amide bonds. The van der Waals surface area contributed by atoms with Gasteiger partial charge in [0.25, 0.3) is 5.91 Å². The van der Waals surface area contributed by atoms with Crippen molar-refractivity contribution in [2.24, 2.45) is 0 Å². The summed E-state index contributed by atoms with van der Waals surface area (Å²) in [6, 6.07) is 8.34. The first-order valence-corrected chi connectivity index (χ1v) is 10.8. The number of hydrogen-bond acceptors (Lipinski definition) is 4. The molecule has 31 heavy (non-hydrogen) atoms. The largest absolute Gasteiger partial charge is 0.456 e. The number of aromatic nitrogens is 1. The number of hydrogen-bond donors (Lipinski definition) is 2. The Morgan fingerprint density at radius 2 is 1.97 bits per heavy atom. The number of aromatic amines is 1. The van der Waals surface area contributed by atoms with Crippen LogP contribution >= 0.6 is 12.4 Å². The molecule has 1 aromatic carbocycles. The first-order chi connectivity index (χ1) is 14.5. The molecule has 3 heterocycles. The summed E-state index contributed by atoms with van der Waals surface area (Å²) >= 11 is 0. The zero-order chi connectivity index (χ0) is 21.1. The normalized spacial score (nSPS) is 14.5. The van der Waals surface area contributed by atoms with Crippen molar-refractivity contribution in [1.82, 2.24) is 15.2 Å². The number of ether oxygens (including phenoxy) is 1. The molecule has 2 aromatic heterocycles. The lowest BCUT2D eigenvalue weighted by Gasteiger charge is -2.26. The second kappa shape index (κ2) is 10.4. The van der Waals surface area contributed by atoms with Crippen molar-refractivity contribution in [3.63, 3.8) is 0 Å². The zero-order valence-corrected chi connectivity index (χ0v) is 19.4. The van der Waals surface area contributed by atoms with E-state index in [0.29, 0.717) is 12.3 Å². The Bertz CT molecular complexity index is 1030. The van der Waals surface area contributed by atoms with E-state index in [2.05, 4.69) is 54.2 Å². The van der Waals surface area contributed by atoms with Crippen molar-refractivity contribution in [2.75, 3.05) is 32.8 Å². The molecule has 168 valence electrons. The van der Waals surface area contributed by atoms with Gasteiger partial charge in [0.15, 0.2) is 5.76 Å². The first-order valence-electron chi connectivity index (χ1n) is 10.8. The lowest BCUT2D eigenvalue weighted by molar-refractivity contribution is 0.0339. The van der Waals surface area contributed by atoms with Crippen LogP contribution in [0.2, 0.25) is 0 Å². The molecule has 3 aromatic rings. The lowest BCUT2D eigenvalue weighted by Crippen LogP contribution is -2.35. The van der Waals surface area contributed by atoms with E-state index in [1.165, 1.54) is 16.5 Å². The van der Waals surface area contributed by atoms with E-state index in [0.717, 1.165) is 68.2 Å². The number of halogens is 1. The minimum absolute atomic E-state index is 0. The van der Waals surface area contributed by atoms with Crippen LogP contribution in [0.15, 0.2) is 28.7 Å². The number of rotatable bonds is 7. The van der Waals surface area contributed by atoms with Crippen molar-refractivity contribution >= 4 is 29.2 Å². The third-order valence-corrected chi connectivity index (χ3v) is 5.87. The van der Waals surface area contributed by atoms with Gasteiger partial charge in [0, 0.05) is 54.8 Å². The number of furan rings is 1. The van der Waals surface area contributed by atoms with Crippen molar-refractivity contribution < 1.29 is 13.9 Å². The topological polar surface area (TPSA) is 70.5 Å². The highest BCUT2D eigenvalue weighted by molar-refractivity contribution is 5.92. The number of benzene rings is 1. The number of nitrogens with zero attached hydrogens (tertiary/aromatic N) is 1. The molecule has 7 heteroatoms. The molecule has 0 saturated carbocycles. The molecule has 1 saturated heterocycles. The smallest absolute Gasteiger partial charge is 0.287 e. The van der Waals surface area contributed by atoms with Gasteiger partial charge in [-0.15, -0.1) is 12.4 Å². The van der Waals surface area contributed by atoms with E-state index >= 15 is 0 Å². The van der Waals surface area contributed by atoms with Gasteiger partial charge >= 0.3 is 0 Å². The van der Waals surface area contributed by atoms with E-state index in [9.17, 15) is 4.79 Å². The van der Waals surface area contributed by atoms with Crippen LogP contribution in [0.25, 0.3) is 10.9 Å². The molecule has 0 unspecified atom stereocenters. The van der Waals surface area contributed by atoms with Crippen LogP contribution in [0.5, 0.6) is 0 Å². The summed E-state index contributed by atoms with van der Waals surface area (Å²) in [5, 5.41) is 4.27. The fourth-order valence-corrected chi connectivity index (χ4v) is 4.22. The molecule has 1 fully saturated rings. The van der Waals surface area contributed by atoms with Crippen molar-refractivity contribution in [2.45, 2.75) is 40.2 Å². The molecule has 0 spiro atoms. The molecule has 2 N–H and O–H groups in total. The Balaban J connectivity index is 0.00000272. The summed E-state index contributed by atoms with van der Waals surface area (Å²) in [6.07, 6.45) is 1.56. The zero-order valence-electron chi connectivity index (χ0n) is 18.5. The molecular formula is C24H32ClN3O3. The average Bonchev–Trinajstić information content (AvgIpc) is 3.29. The summed E-state index contributed by atoms with van der Waals surface area (Å²) in [5.41, 5.74) is 5.90. The Morgan fingerprint density at radius 1 is 1.19 bits per heavy atom. The Morgan fingerprint density at radius 3 is 2.71 bits per heavy atom. The van der Waals surface area contributed by atoms with Gasteiger partial charge in [-0.3, -0.25) is 9.69 Å². The monoisotopic (exact) mass is 445 g/mol. The standard InChI is InChI=1S/C24H31N3O3.ClH/c1-4-22-18(15-27-9-11-29-12-10-27)14-23(30-22)24(28)25-8-7-19-17(3)26-21-6-5-16(2)13-20(19)21;/h5-6,13-14,26H,4,7-12,15H2,1-3H3,(H,25,28);1H. The molecule has 0 aliphatic carbocycles. The minimum atomic E-state index is -0.147. The van der Waals surface area contributed by atoms with Crippen LogP contribution < -0.4 is 5.32 Å². The van der Waals surface area contributed by atoms with Gasteiger partial charge < -0.3 is 19.5 Å². The summed E-state index contributed by atoms with van der Waals surface area (Å²) < 4.78 is 11.3. The molecule has 1 aliphatic rings. The first kappa shape index (κ1) is 23.4. The van der Waals surface area contributed by atoms with Crippen molar-refractivity contribution in [1.29, 1.82) is 0 Å². The molecule has 1 aliphatic heterocycles. The minimum Gasteiger partial charge on any atom is -0.456 e. The fraction of sp³-hybridized carbons (Fsp3) is 0.458. The molecule has 0 bridgehead atoms. The molecular weight excluding hydrogens is 414 g/mol. The van der Waals surface area contributed by atoms with E-state index in [1.54, 1.807) is 0 Å². The van der Waals surface area contributed by atoms with Crippen molar-refractivity contribution in [3.05, 3.63) is 58.2 Å². The van der Waals surface area contributed by atoms with Crippen LogP contribution in [0.1, 0.15) is 45.6 Å². The summed E-state index contributed by atoms with van der Waals surface area (Å²) in [7, 11) is 0. The van der Waals surface area contributed by atoms with E-state index in [-0.39, 0.29) is 18.3 Å². The second-order valence-electron chi connectivity index (χ2n) is 8.08. The third-order valence-electron chi connectivity index (χ3n) is 5.87. The van der Waals surface area contributed by atoms with E-state index in [4.69, 9.17) is 9.15 Å². The van der Waals surface area contributed by atoms with Crippen molar-refractivity contribution in [3.8, 4) is 0 Å². The Labute approximate surface area is 189 Å². The Kier molecular flexibility index (Phi) is 7.81. The highest BCUT2D eigenvalue weighted by Gasteiger charge is 2.19. The van der Waals surface area contributed by atoms with Gasteiger partial charge in [-0.2, -0.15) is 0 Å². The predicted molar refractivity (Wildman–Crippen MR) is 125 cm³/mol. The SMILES string of the molecule is CCc1oc(C(=O)NCCc2c(C)[nH]c3ccc(C)cc23)cc1CN1CCOCC1.Cl. The number of amides is 1. The van der Waals surface area contributed by atoms with Gasteiger partial charge in [-0.05, 0) is 44.0 Å². The molecule has 4 rings (SSSR count). The number of carbonyl (C=O) groups is 1.